The number of anilines is 1. The van der Waals surface area contributed by atoms with Crippen LogP contribution in [0.4, 0.5) is 10.3 Å². The Morgan fingerprint density at radius 1 is 1.20 bits per heavy atom. The van der Waals surface area contributed by atoms with Crippen molar-refractivity contribution < 1.29 is 31.8 Å². The summed E-state index contributed by atoms with van der Waals surface area (Å²) >= 11 is 0. The number of carbonyl (C=O) groups excluding carboxylic acids is 1. The molecule has 1 fully saturated rings. The smallest absolute Gasteiger partial charge is 0.308 e. The lowest BCUT2D eigenvalue weighted by molar-refractivity contribution is -0.335. The summed E-state index contributed by atoms with van der Waals surface area (Å²) in [5.74, 6) is -1.86. The highest BCUT2D eigenvalue weighted by Crippen LogP contribution is 2.34. The average Bonchev–Trinajstić information content (AvgIpc) is 2.79. The number of hydrogen-bond acceptors (Lipinski definition) is 8. The second-order valence-electron chi connectivity index (χ2n) is 12.0. The van der Waals surface area contributed by atoms with Gasteiger partial charge in [0.2, 0.25) is 22.3 Å². The number of ether oxygens (including phenoxy) is 3. The van der Waals surface area contributed by atoms with E-state index in [9.17, 15) is 17.6 Å². The van der Waals surface area contributed by atoms with Crippen LogP contribution in [0.3, 0.4) is 0 Å². The van der Waals surface area contributed by atoms with Gasteiger partial charge in [0.25, 0.3) is 0 Å². The van der Waals surface area contributed by atoms with Gasteiger partial charge in [0.05, 0.1) is 30.2 Å². The third kappa shape index (κ3) is 8.55. The van der Waals surface area contributed by atoms with Crippen molar-refractivity contribution in [1.82, 2.24) is 9.97 Å². The third-order valence-electron chi connectivity index (χ3n) is 6.10. The zero-order valence-corrected chi connectivity index (χ0v) is 25.5. The van der Waals surface area contributed by atoms with Gasteiger partial charge in [0.1, 0.15) is 5.82 Å². The second-order valence-corrected chi connectivity index (χ2v) is 14.0. The van der Waals surface area contributed by atoms with E-state index >= 15 is 0 Å². The Labute approximate surface area is 236 Å². The average molecular weight is 578 g/mol. The van der Waals surface area contributed by atoms with Crippen LogP contribution in [0.5, 0.6) is 0 Å². The first-order valence-electron chi connectivity index (χ1n) is 13.2. The Morgan fingerprint density at radius 3 is 2.38 bits per heavy atom. The topological polar surface area (TPSA) is 108 Å². The van der Waals surface area contributed by atoms with Gasteiger partial charge in [0, 0.05) is 24.6 Å². The molecular formula is C29H40FN3O6S. The van der Waals surface area contributed by atoms with Gasteiger partial charge in [-0.3, -0.25) is 4.79 Å². The molecule has 0 aliphatic carbocycles. The molecule has 0 N–H and O–H groups in total. The number of esters is 1. The maximum absolute atomic E-state index is 13.8. The minimum atomic E-state index is -3.63. The van der Waals surface area contributed by atoms with E-state index in [2.05, 4.69) is 9.97 Å². The van der Waals surface area contributed by atoms with Gasteiger partial charge in [-0.1, -0.05) is 46.8 Å². The van der Waals surface area contributed by atoms with Gasteiger partial charge >= 0.3 is 5.97 Å². The highest BCUT2D eigenvalue weighted by molar-refractivity contribution is 7.92. The van der Waals surface area contributed by atoms with Crippen LogP contribution in [-0.2, 0) is 29.0 Å². The lowest BCUT2D eigenvalue weighted by Gasteiger charge is -2.39. The molecule has 3 rings (SSSR count). The molecule has 9 nitrogen and oxygen atoms in total. The van der Waals surface area contributed by atoms with Crippen molar-refractivity contribution in [3.63, 3.8) is 0 Å². The van der Waals surface area contributed by atoms with Crippen LogP contribution in [-0.4, -0.2) is 55.8 Å². The van der Waals surface area contributed by atoms with Gasteiger partial charge in [-0.2, -0.15) is 0 Å². The zero-order valence-electron chi connectivity index (χ0n) is 24.7. The number of benzene rings is 1. The summed E-state index contributed by atoms with van der Waals surface area (Å²) in [6.45, 7) is 13.3. The summed E-state index contributed by atoms with van der Waals surface area (Å²) < 4.78 is 56.9. The molecular weight excluding hydrogens is 537 g/mol. The summed E-state index contributed by atoms with van der Waals surface area (Å²) in [4.78, 5) is 21.7. The number of aromatic nitrogens is 2. The van der Waals surface area contributed by atoms with Crippen molar-refractivity contribution in [2.75, 3.05) is 17.6 Å². The molecule has 1 saturated heterocycles. The number of carbonyl (C=O) groups is 1. The number of rotatable bonds is 8. The highest BCUT2D eigenvalue weighted by Gasteiger charge is 2.37. The summed E-state index contributed by atoms with van der Waals surface area (Å²) in [7, 11) is -2.25. The molecule has 0 saturated carbocycles. The summed E-state index contributed by atoms with van der Waals surface area (Å²) in [5.41, 5.74) is 2.06. The Kier molecular flexibility index (Phi) is 9.43. The van der Waals surface area contributed by atoms with Gasteiger partial charge in [0.15, 0.2) is 5.79 Å². The van der Waals surface area contributed by atoms with Gasteiger partial charge in [-0.25, -0.2) is 27.1 Å². The van der Waals surface area contributed by atoms with Crippen LogP contribution < -0.4 is 4.31 Å². The minimum absolute atomic E-state index is 0.0111. The molecule has 1 aromatic heterocycles. The van der Waals surface area contributed by atoms with E-state index in [-0.39, 0.29) is 36.1 Å². The molecule has 40 heavy (non-hydrogen) atoms. The van der Waals surface area contributed by atoms with E-state index in [1.54, 1.807) is 26.0 Å². The quantitative estimate of drug-likeness (QED) is 0.370. The van der Waals surface area contributed by atoms with Crippen LogP contribution in [0.2, 0.25) is 0 Å². The molecule has 11 heteroatoms. The van der Waals surface area contributed by atoms with Gasteiger partial charge < -0.3 is 14.2 Å². The number of hydrogen-bond donors (Lipinski definition) is 0. The van der Waals surface area contributed by atoms with E-state index in [1.165, 1.54) is 19.2 Å². The molecule has 1 aliphatic rings. The Bertz CT molecular complexity index is 1350. The SMILES string of the molecule is CC(C)c1nc(N(C)S(C)(=O)=O)nc(-c2ccc(F)cc2)c1C=C[C@@H]1C[C@@H](OC(=O)CC(C)(C)C)OC(C)(C)O1. The molecule has 1 aromatic carbocycles. The van der Waals surface area contributed by atoms with Crippen LogP contribution in [0.25, 0.3) is 17.3 Å². The molecule has 0 bridgehead atoms. The Balaban J connectivity index is 2.04. The lowest BCUT2D eigenvalue weighted by atomic mass is 9.92. The number of halogens is 1. The molecule has 2 atom stereocenters. The Morgan fingerprint density at radius 2 is 1.82 bits per heavy atom. The third-order valence-corrected chi connectivity index (χ3v) is 7.26. The molecule has 220 valence electrons. The first kappa shape index (κ1) is 31.6. The molecule has 0 amide bonds. The molecule has 0 unspecified atom stereocenters. The lowest BCUT2D eigenvalue weighted by Crippen LogP contribution is -2.45. The fourth-order valence-corrected chi connectivity index (χ4v) is 4.58. The largest absolute Gasteiger partial charge is 0.435 e. The van der Waals surface area contributed by atoms with Crippen molar-refractivity contribution in [2.45, 2.75) is 85.4 Å². The van der Waals surface area contributed by atoms with E-state index in [1.807, 2.05) is 46.8 Å². The van der Waals surface area contributed by atoms with Crippen molar-refractivity contribution in [3.8, 4) is 11.3 Å². The first-order valence-corrected chi connectivity index (χ1v) is 15.0. The molecule has 2 heterocycles. The predicted molar refractivity (Wildman–Crippen MR) is 152 cm³/mol. The van der Waals surface area contributed by atoms with Crippen molar-refractivity contribution in [3.05, 3.63) is 47.4 Å². The standard InChI is InChI=1S/C29H40FN3O6S/c1-18(2)25-22(15-14-21-16-24(39-29(6,7)38-21)37-23(34)17-28(3,4)5)26(19-10-12-20(30)13-11-19)32-27(31-25)33(8)40(9,35)36/h10-15,18,21,24H,16-17H2,1-9H3/t21-,24+/m1/s1. The summed E-state index contributed by atoms with van der Waals surface area (Å²) in [6, 6.07) is 5.81. The van der Waals surface area contributed by atoms with Gasteiger partial charge in [-0.15, -0.1) is 0 Å². The molecule has 0 radical (unpaired) electrons. The van der Waals surface area contributed by atoms with E-state index in [0.717, 1.165) is 10.6 Å². The fraction of sp³-hybridized carbons (Fsp3) is 0.552. The van der Waals surface area contributed by atoms with Crippen molar-refractivity contribution in [1.29, 1.82) is 0 Å². The minimum Gasteiger partial charge on any atom is -0.435 e. The van der Waals surface area contributed by atoms with Crippen LogP contribution in [0.15, 0.2) is 30.3 Å². The number of nitrogens with zero attached hydrogens (tertiary/aromatic N) is 3. The van der Waals surface area contributed by atoms with Crippen LogP contribution >= 0.6 is 0 Å². The van der Waals surface area contributed by atoms with Gasteiger partial charge in [-0.05, 0) is 49.4 Å². The van der Waals surface area contributed by atoms with Crippen molar-refractivity contribution >= 4 is 28.0 Å². The molecule has 0 spiro atoms. The maximum atomic E-state index is 13.8. The predicted octanol–water partition coefficient (Wildman–Crippen LogP) is 5.66. The maximum Gasteiger partial charge on any atom is 0.308 e. The zero-order chi connectivity index (χ0) is 30.0. The van der Waals surface area contributed by atoms with E-state index in [0.29, 0.717) is 22.5 Å². The fourth-order valence-electron chi connectivity index (χ4n) is 4.21. The van der Waals surface area contributed by atoms with Crippen LogP contribution in [0.1, 0.15) is 78.5 Å². The Hall–Kier alpha value is -2.89. The second kappa shape index (κ2) is 11.9. The van der Waals surface area contributed by atoms with Crippen molar-refractivity contribution in [2.24, 2.45) is 5.41 Å². The normalized spacial score (nSPS) is 19.7. The summed E-state index contributed by atoms with van der Waals surface area (Å²) in [5, 5.41) is 0. The molecule has 1 aliphatic heterocycles. The molecule has 2 aromatic rings. The monoisotopic (exact) mass is 577 g/mol. The summed E-state index contributed by atoms with van der Waals surface area (Å²) in [6.07, 6.45) is 3.97. The first-order chi connectivity index (χ1) is 18.3. The van der Waals surface area contributed by atoms with E-state index < -0.39 is 34.0 Å². The highest BCUT2D eigenvalue weighted by atomic mass is 32.2. The van der Waals surface area contributed by atoms with Crippen LogP contribution in [0, 0.1) is 11.2 Å². The number of sulfonamides is 1. The van der Waals surface area contributed by atoms with E-state index in [4.69, 9.17) is 14.2 Å².